The number of rotatable bonds is 5. The van der Waals surface area contributed by atoms with E-state index < -0.39 is 37.3 Å². The van der Waals surface area contributed by atoms with Gasteiger partial charge in [-0.05, 0) is 29.8 Å². The Hall–Kier alpha value is -2.95. The zero-order valence-electron chi connectivity index (χ0n) is 16.5. The van der Waals surface area contributed by atoms with Crippen LogP contribution in [0, 0.1) is 0 Å². The summed E-state index contributed by atoms with van der Waals surface area (Å²) in [6.07, 6.45) is -5.65. The Morgan fingerprint density at radius 2 is 1.68 bits per heavy atom. The summed E-state index contributed by atoms with van der Waals surface area (Å²) in [6.45, 7) is -0.564. The second kappa shape index (κ2) is 8.66. The second-order valence-corrected chi connectivity index (χ2v) is 7.18. The molecular formula is C22H22O9. The van der Waals surface area contributed by atoms with Crippen LogP contribution in [-0.2, 0) is 4.74 Å². The quantitative estimate of drug-likeness (QED) is 0.459. The lowest BCUT2D eigenvalue weighted by Gasteiger charge is -2.39. The van der Waals surface area contributed by atoms with Crippen LogP contribution in [0.5, 0.6) is 11.5 Å². The molecule has 2 heterocycles. The highest BCUT2D eigenvalue weighted by molar-refractivity contribution is 5.82. The van der Waals surface area contributed by atoms with E-state index in [9.17, 15) is 25.2 Å². The maximum Gasteiger partial charge on any atom is 0.229 e. The molecule has 0 amide bonds. The van der Waals surface area contributed by atoms with Gasteiger partial charge in [-0.1, -0.05) is 12.1 Å². The Kier molecular flexibility index (Phi) is 5.94. The largest absolute Gasteiger partial charge is 0.497 e. The van der Waals surface area contributed by atoms with E-state index in [0.29, 0.717) is 22.3 Å². The summed E-state index contributed by atoms with van der Waals surface area (Å²) in [5.74, 6) is 0.876. The van der Waals surface area contributed by atoms with Gasteiger partial charge in [-0.2, -0.15) is 0 Å². The molecule has 3 aromatic rings. The minimum absolute atomic E-state index is 0.206. The van der Waals surface area contributed by atoms with Gasteiger partial charge in [-0.3, -0.25) is 4.79 Å². The highest BCUT2D eigenvalue weighted by Crippen LogP contribution is 2.28. The number of aliphatic hydroxyl groups is 4. The summed E-state index contributed by atoms with van der Waals surface area (Å²) in [7, 11) is 1.56. The van der Waals surface area contributed by atoms with Crippen molar-refractivity contribution in [3.63, 3.8) is 0 Å². The van der Waals surface area contributed by atoms with Gasteiger partial charge in [0.15, 0.2) is 5.43 Å². The number of hydrogen-bond acceptors (Lipinski definition) is 9. The topological polar surface area (TPSA) is 139 Å². The summed E-state index contributed by atoms with van der Waals surface area (Å²) in [6, 6.07) is 11.5. The number of benzene rings is 2. The molecule has 4 N–H and O–H groups in total. The molecule has 31 heavy (non-hydrogen) atoms. The van der Waals surface area contributed by atoms with Crippen molar-refractivity contribution in [2.75, 3.05) is 13.7 Å². The number of ether oxygens (including phenoxy) is 3. The number of hydrogen-bond donors (Lipinski definition) is 4. The van der Waals surface area contributed by atoms with Gasteiger partial charge >= 0.3 is 0 Å². The lowest BCUT2D eigenvalue weighted by Crippen LogP contribution is -2.60. The maximum absolute atomic E-state index is 12.9. The standard InChI is InChI=1S/C22H22O9/c1-28-12-4-2-11(3-5-12)15-10-29-16-8-13(6-7-14(16)18(15)24)30-22-21(27)20(26)19(25)17(9-23)31-22/h2-8,10,17,19-23,25-27H,9H2,1H3/t17?,19-,20?,21?,22-/m1/s1. The van der Waals surface area contributed by atoms with Crippen LogP contribution in [0.2, 0.25) is 0 Å². The van der Waals surface area contributed by atoms with Crippen LogP contribution in [0.25, 0.3) is 22.1 Å². The van der Waals surface area contributed by atoms with Crippen molar-refractivity contribution in [3.05, 3.63) is 59.0 Å². The molecule has 2 aromatic carbocycles. The molecule has 1 aliphatic rings. The van der Waals surface area contributed by atoms with Gasteiger partial charge in [0.1, 0.15) is 47.8 Å². The molecule has 9 nitrogen and oxygen atoms in total. The van der Waals surface area contributed by atoms with Gasteiger partial charge in [0.05, 0.1) is 24.7 Å². The lowest BCUT2D eigenvalue weighted by atomic mass is 9.99. The van der Waals surface area contributed by atoms with Crippen LogP contribution in [0.15, 0.2) is 57.9 Å². The van der Waals surface area contributed by atoms with E-state index >= 15 is 0 Å². The minimum Gasteiger partial charge on any atom is -0.497 e. The van der Waals surface area contributed by atoms with Crippen LogP contribution in [-0.4, -0.2) is 64.8 Å². The first-order valence-electron chi connectivity index (χ1n) is 9.60. The Morgan fingerprint density at radius 1 is 0.968 bits per heavy atom. The molecule has 0 radical (unpaired) electrons. The van der Waals surface area contributed by atoms with E-state index in [2.05, 4.69) is 0 Å². The first kappa shape index (κ1) is 21.3. The predicted molar refractivity (Wildman–Crippen MR) is 109 cm³/mol. The van der Waals surface area contributed by atoms with Gasteiger partial charge < -0.3 is 39.1 Å². The van der Waals surface area contributed by atoms with Gasteiger partial charge in [0.25, 0.3) is 0 Å². The minimum atomic E-state index is -1.55. The average Bonchev–Trinajstić information content (AvgIpc) is 2.80. The maximum atomic E-state index is 12.9. The molecule has 0 bridgehead atoms. The van der Waals surface area contributed by atoms with Crippen molar-refractivity contribution in [2.45, 2.75) is 30.7 Å². The second-order valence-electron chi connectivity index (χ2n) is 7.18. The van der Waals surface area contributed by atoms with Gasteiger partial charge in [-0.25, -0.2) is 0 Å². The van der Waals surface area contributed by atoms with Crippen molar-refractivity contribution >= 4 is 11.0 Å². The van der Waals surface area contributed by atoms with Crippen molar-refractivity contribution in [2.24, 2.45) is 0 Å². The summed E-state index contributed by atoms with van der Waals surface area (Å²) in [5.41, 5.74) is 1.09. The van der Waals surface area contributed by atoms with Gasteiger partial charge in [0, 0.05) is 6.07 Å². The van der Waals surface area contributed by atoms with E-state index in [1.807, 2.05) is 0 Å². The molecule has 4 rings (SSSR count). The lowest BCUT2D eigenvalue weighted by molar-refractivity contribution is -0.277. The van der Waals surface area contributed by atoms with E-state index in [1.165, 1.54) is 24.5 Å². The molecule has 0 spiro atoms. The average molecular weight is 430 g/mol. The first-order chi connectivity index (χ1) is 14.9. The molecule has 1 saturated heterocycles. The summed E-state index contributed by atoms with van der Waals surface area (Å²) >= 11 is 0. The van der Waals surface area contributed by atoms with Gasteiger partial charge in [0.2, 0.25) is 6.29 Å². The Morgan fingerprint density at radius 3 is 2.35 bits per heavy atom. The van der Waals surface area contributed by atoms with Crippen molar-refractivity contribution in [1.82, 2.24) is 0 Å². The highest BCUT2D eigenvalue weighted by atomic mass is 16.7. The van der Waals surface area contributed by atoms with Crippen LogP contribution < -0.4 is 14.9 Å². The molecule has 1 fully saturated rings. The smallest absolute Gasteiger partial charge is 0.229 e. The van der Waals surface area contributed by atoms with Gasteiger partial charge in [-0.15, -0.1) is 0 Å². The van der Waals surface area contributed by atoms with E-state index in [4.69, 9.17) is 18.6 Å². The predicted octanol–water partition coefficient (Wildman–Crippen LogP) is 0.647. The fraction of sp³-hybridized carbons (Fsp3) is 0.318. The van der Waals surface area contributed by atoms with Crippen LogP contribution in [0.1, 0.15) is 0 Å². The third-order valence-corrected chi connectivity index (χ3v) is 5.25. The normalized spacial score (nSPS) is 26.0. The van der Waals surface area contributed by atoms with E-state index in [-0.39, 0.29) is 16.8 Å². The summed E-state index contributed by atoms with van der Waals surface area (Å²) < 4.78 is 21.7. The van der Waals surface area contributed by atoms with E-state index in [0.717, 1.165) is 0 Å². The Labute approximate surface area is 176 Å². The number of fused-ring (bicyclic) bond motifs is 1. The van der Waals surface area contributed by atoms with Crippen LogP contribution >= 0.6 is 0 Å². The molecule has 1 aromatic heterocycles. The van der Waals surface area contributed by atoms with Crippen molar-refractivity contribution in [3.8, 4) is 22.6 Å². The Balaban J connectivity index is 1.61. The molecule has 164 valence electrons. The molecule has 0 aliphatic carbocycles. The summed E-state index contributed by atoms with van der Waals surface area (Å²) in [5, 5.41) is 39.5. The molecule has 0 saturated carbocycles. The molecule has 3 unspecified atom stereocenters. The van der Waals surface area contributed by atoms with E-state index in [1.54, 1.807) is 31.4 Å². The molecule has 1 aliphatic heterocycles. The zero-order chi connectivity index (χ0) is 22.1. The third kappa shape index (κ3) is 4.01. The highest BCUT2D eigenvalue weighted by Gasteiger charge is 2.44. The molecular weight excluding hydrogens is 408 g/mol. The number of methoxy groups -OCH3 is 1. The Bertz CT molecular complexity index is 1110. The van der Waals surface area contributed by atoms with Crippen molar-refractivity contribution in [1.29, 1.82) is 0 Å². The summed E-state index contributed by atoms with van der Waals surface area (Å²) in [4.78, 5) is 12.9. The van der Waals surface area contributed by atoms with Crippen LogP contribution in [0.4, 0.5) is 0 Å². The fourth-order valence-electron chi connectivity index (χ4n) is 3.45. The SMILES string of the molecule is COc1ccc(-c2coc3cc(O[C@@H]4OC(CO)[C@@H](O)C(O)C4O)ccc3c2=O)cc1. The van der Waals surface area contributed by atoms with Crippen molar-refractivity contribution < 1.29 is 39.1 Å². The monoisotopic (exact) mass is 430 g/mol. The van der Waals surface area contributed by atoms with Crippen LogP contribution in [0.3, 0.4) is 0 Å². The molecule has 9 heteroatoms. The zero-order valence-corrected chi connectivity index (χ0v) is 16.5. The first-order valence-corrected chi connectivity index (χ1v) is 9.60. The fourth-order valence-corrected chi connectivity index (χ4v) is 3.45. The molecule has 5 atom stereocenters. The third-order valence-electron chi connectivity index (χ3n) is 5.25. The number of aliphatic hydroxyl groups excluding tert-OH is 4.